The molecule has 0 saturated carbocycles. The van der Waals surface area contributed by atoms with Crippen LogP contribution >= 0.6 is 0 Å². The lowest BCUT2D eigenvalue weighted by Gasteiger charge is -2.34. The number of hydrogen-bond donors (Lipinski definition) is 0. The minimum Gasteiger partial charge on any atom is -0.342 e. The van der Waals surface area contributed by atoms with Gasteiger partial charge in [0.1, 0.15) is 6.54 Å². The monoisotopic (exact) mass is 401 g/mol. The molecule has 0 N–H and O–H groups in total. The topological polar surface area (TPSA) is 78.0 Å². The van der Waals surface area contributed by atoms with Crippen molar-refractivity contribution in [1.82, 2.24) is 9.80 Å². The van der Waals surface area contributed by atoms with E-state index in [4.69, 9.17) is 0 Å². The minimum absolute atomic E-state index is 0.136. The number of benzene rings is 2. The molecule has 2 aromatic carbocycles. The van der Waals surface area contributed by atoms with Crippen molar-refractivity contribution < 1.29 is 18.0 Å². The van der Waals surface area contributed by atoms with E-state index in [2.05, 4.69) is 0 Å². The minimum atomic E-state index is -3.91. The van der Waals surface area contributed by atoms with Gasteiger partial charge in [-0.2, -0.15) is 0 Å². The zero-order valence-electron chi connectivity index (χ0n) is 15.7. The Morgan fingerprint density at radius 3 is 2.21 bits per heavy atom. The zero-order valence-corrected chi connectivity index (χ0v) is 16.5. The zero-order chi connectivity index (χ0) is 20.1. The van der Waals surface area contributed by atoms with Gasteiger partial charge >= 0.3 is 0 Å². The molecule has 0 aliphatic carbocycles. The third kappa shape index (κ3) is 4.17. The molecule has 0 radical (unpaired) electrons. The summed E-state index contributed by atoms with van der Waals surface area (Å²) < 4.78 is 27.8. The predicted octanol–water partition coefficient (Wildman–Crippen LogP) is 1.49. The SMILES string of the molecule is Cc1ccccc1N(CC(=O)N1CCN(C=O)CC1)S(=O)(=O)c1ccccc1. The molecule has 1 heterocycles. The van der Waals surface area contributed by atoms with E-state index in [9.17, 15) is 18.0 Å². The highest BCUT2D eigenvalue weighted by atomic mass is 32.2. The summed E-state index contributed by atoms with van der Waals surface area (Å²) in [6, 6.07) is 15.2. The fourth-order valence-corrected chi connectivity index (χ4v) is 4.66. The predicted molar refractivity (Wildman–Crippen MR) is 106 cm³/mol. The summed E-state index contributed by atoms with van der Waals surface area (Å²) >= 11 is 0. The van der Waals surface area contributed by atoms with Crippen LogP contribution in [-0.4, -0.2) is 63.3 Å². The molecule has 1 aliphatic heterocycles. The highest BCUT2D eigenvalue weighted by Crippen LogP contribution is 2.26. The van der Waals surface area contributed by atoms with Crippen LogP contribution in [0.5, 0.6) is 0 Å². The summed E-state index contributed by atoms with van der Waals surface area (Å²) in [7, 11) is -3.91. The van der Waals surface area contributed by atoms with Crippen molar-refractivity contribution >= 4 is 28.0 Å². The molecule has 1 saturated heterocycles. The van der Waals surface area contributed by atoms with Gasteiger partial charge in [-0.05, 0) is 30.7 Å². The standard InChI is InChI=1S/C20H23N3O4S/c1-17-7-5-6-10-19(17)23(28(26,27)18-8-3-2-4-9-18)15-20(25)22-13-11-21(16-24)12-14-22/h2-10,16H,11-15H2,1H3. The number of carbonyl (C=O) groups excluding carboxylic acids is 2. The average Bonchev–Trinajstić information content (AvgIpc) is 2.73. The van der Waals surface area contributed by atoms with Gasteiger partial charge in [0, 0.05) is 26.2 Å². The normalized spacial score (nSPS) is 14.6. The summed E-state index contributed by atoms with van der Waals surface area (Å²) in [4.78, 5) is 27.1. The number of para-hydroxylation sites is 1. The fraction of sp³-hybridized carbons (Fsp3) is 0.300. The first-order chi connectivity index (χ1) is 13.4. The van der Waals surface area contributed by atoms with Crippen molar-refractivity contribution in [3.05, 3.63) is 60.2 Å². The quantitative estimate of drug-likeness (QED) is 0.687. The number of rotatable bonds is 6. The smallest absolute Gasteiger partial charge is 0.264 e. The number of carbonyl (C=O) groups is 2. The summed E-state index contributed by atoms with van der Waals surface area (Å²) in [5.74, 6) is -0.284. The lowest BCUT2D eigenvalue weighted by atomic mass is 10.2. The van der Waals surface area contributed by atoms with E-state index in [1.54, 1.807) is 40.1 Å². The van der Waals surface area contributed by atoms with Gasteiger partial charge < -0.3 is 9.80 Å². The first-order valence-corrected chi connectivity index (χ1v) is 10.5. The Labute approximate surface area is 165 Å². The largest absolute Gasteiger partial charge is 0.342 e. The molecule has 8 heteroatoms. The van der Waals surface area contributed by atoms with Gasteiger partial charge in [-0.3, -0.25) is 13.9 Å². The van der Waals surface area contributed by atoms with Crippen LogP contribution in [0.25, 0.3) is 0 Å². The first kappa shape index (κ1) is 19.9. The third-order valence-electron chi connectivity index (χ3n) is 4.81. The molecule has 0 unspecified atom stereocenters. The van der Waals surface area contributed by atoms with E-state index in [1.807, 2.05) is 19.1 Å². The maximum Gasteiger partial charge on any atom is 0.264 e. The molecule has 2 amide bonds. The van der Waals surface area contributed by atoms with Crippen LogP contribution in [0, 0.1) is 6.92 Å². The maximum atomic E-state index is 13.3. The van der Waals surface area contributed by atoms with Crippen molar-refractivity contribution in [1.29, 1.82) is 0 Å². The van der Waals surface area contributed by atoms with Gasteiger partial charge in [-0.1, -0.05) is 36.4 Å². The molecule has 7 nitrogen and oxygen atoms in total. The van der Waals surface area contributed by atoms with E-state index in [-0.39, 0.29) is 17.3 Å². The Morgan fingerprint density at radius 2 is 1.61 bits per heavy atom. The lowest BCUT2D eigenvalue weighted by molar-refractivity contribution is -0.133. The highest BCUT2D eigenvalue weighted by molar-refractivity contribution is 7.92. The van der Waals surface area contributed by atoms with Gasteiger partial charge in [0.15, 0.2) is 0 Å². The molecule has 1 fully saturated rings. The van der Waals surface area contributed by atoms with Crippen LogP contribution in [0.3, 0.4) is 0 Å². The Balaban J connectivity index is 1.91. The number of aryl methyl sites for hydroxylation is 1. The van der Waals surface area contributed by atoms with Crippen LogP contribution in [0.2, 0.25) is 0 Å². The molecule has 148 valence electrons. The number of piperazine rings is 1. The molecule has 2 aromatic rings. The second-order valence-corrected chi connectivity index (χ2v) is 8.50. The summed E-state index contributed by atoms with van der Waals surface area (Å²) in [5, 5.41) is 0. The number of nitrogens with zero attached hydrogens (tertiary/aromatic N) is 3. The second-order valence-electron chi connectivity index (χ2n) is 6.63. The number of amides is 2. The molecule has 0 bridgehead atoms. The molecule has 3 rings (SSSR count). The van der Waals surface area contributed by atoms with Crippen molar-refractivity contribution in [3.63, 3.8) is 0 Å². The van der Waals surface area contributed by atoms with E-state index in [0.29, 0.717) is 31.9 Å². The van der Waals surface area contributed by atoms with Crippen molar-refractivity contribution in [3.8, 4) is 0 Å². The van der Waals surface area contributed by atoms with E-state index in [0.717, 1.165) is 12.0 Å². The summed E-state index contributed by atoms with van der Waals surface area (Å²) in [6.07, 6.45) is 0.765. The summed E-state index contributed by atoms with van der Waals surface area (Å²) in [6.45, 7) is 3.21. The van der Waals surface area contributed by atoms with E-state index in [1.165, 1.54) is 16.4 Å². The Hall–Kier alpha value is -2.87. The van der Waals surface area contributed by atoms with Crippen molar-refractivity contribution in [2.45, 2.75) is 11.8 Å². The Kier molecular flexibility index (Phi) is 5.99. The van der Waals surface area contributed by atoms with Crippen molar-refractivity contribution in [2.24, 2.45) is 0 Å². The van der Waals surface area contributed by atoms with Gasteiger partial charge in [0.05, 0.1) is 10.6 Å². The maximum absolute atomic E-state index is 13.3. The van der Waals surface area contributed by atoms with E-state index < -0.39 is 10.0 Å². The molecular formula is C20H23N3O4S. The van der Waals surface area contributed by atoms with Gasteiger partial charge in [0.25, 0.3) is 10.0 Å². The summed E-state index contributed by atoms with van der Waals surface area (Å²) in [5.41, 5.74) is 1.24. The fourth-order valence-electron chi connectivity index (χ4n) is 3.16. The molecule has 0 spiro atoms. The molecular weight excluding hydrogens is 378 g/mol. The van der Waals surface area contributed by atoms with Crippen LogP contribution in [0.1, 0.15) is 5.56 Å². The third-order valence-corrected chi connectivity index (χ3v) is 6.58. The number of sulfonamides is 1. The van der Waals surface area contributed by atoms with Crippen LogP contribution in [-0.2, 0) is 19.6 Å². The van der Waals surface area contributed by atoms with Crippen LogP contribution < -0.4 is 4.31 Å². The number of anilines is 1. The van der Waals surface area contributed by atoms with Crippen LogP contribution in [0.15, 0.2) is 59.5 Å². The van der Waals surface area contributed by atoms with Gasteiger partial charge in [0.2, 0.25) is 12.3 Å². The molecule has 0 aromatic heterocycles. The van der Waals surface area contributed by atoms with Crippen molar-refractivity contribution in [2.75, 3.05) is 37.0 Å². The van der Waals surface area contributed by atoms with Gasteiger partial charge in [-0.25, -0.2) is 8.42 Å². The molecule has 0 atom stereocenters. The van der Waals surface area contributed by atoms with E-state index >= 15 is 0 Å². The number of hydrogen-bond acceptors (Lipinski definition) is 4. The molecule has 28 heavy (non-hydrogen) atoms. The molecule has 1 aliphatic rings. The van der Waals surface area contributed by atoms with Crippen LogP contribution in [0.4, 0.5) is 5.69 Å². The Morgan fingerprint density at radius 1 is 1.00 bits per heavy atom. The second kappa shape index (κ2) is 8.43. The highest BCUT2D eigenvalue weighted by Gasteiger charge is 2.30. The average molecular weight is 401 g/mol. The first-order valence-electron chi connectivity index (χ1n) is 9.04. The lowest BCUT2D eigenvalue weighted by Crippen LogP contribution is -2.51. The Bertz CT molecular complexity index is 939. The van der Waals surface area contributed by atoms with Gasteiger partial charge in [-0.15, -0.1) is 0 Å².